The Morgan fingerprint density at radius 1 is 0.912 bits per heavy atom. The molecule has 34 heavy (non-hydrogen) atoms. The first-order valence-electron chi connectivity index (χ1n) is 10.8. The van der Waals surface area contributed by atoms with Crippen LogP contribution in [0.1, 0.15) is 30.5 Å². The number of urea groups is 1. The van der Waals surface area contributed by atoms with E-state index in [1.807, 2.05) is 24.3 Å². The second-order valence-electron chi connectivity index (χ2n) is 7.43. The van der Waals surface area contributed by atoms with Crippen molar-refractivity contribution in [2.24, 2.45) is 0 Å². The van der Waals surface area contributed by atoms with Gasteiger partial charge in [-0.15, -0.1) is 0 Å². The summed E-state index contributed by atoms with van der Waals surface area (Å²) < 4.78 is 20.9. The minimum absolute atomic E-state index is 0.141. The highest BCUT2D eigenvalue weighted by Gasteiger charge is 2.34. The number of esters is 2. The number of benzene rings is 2. The van der Waals surface area contributed by atoms with E-state index in [-0.39, 0.29) is 30.9 Å². The van der Waals surface area contributed by atoms with Gasteiger partial charge in [-0.2, -0.15) is 0 Å². The van der Waals surface area contributed by atoms with Crippen molar-refractivity contribution in [3.8, 4) is 11.5 Å². The molecule has 180 valence electrons. The topological polar surface area (TPSA) is 112 Å². The van der Waals surface area contributed by atoms with Gasteiger partial charge in [0, 0.05) is 6.42 Å². The van der Waals surface area contributed by atoms with Crippen molar-refractivity contribution in [3.63, 3.8) is 0 Å². The van der Waals surface area contributed by atoms with E-state index in [4.69, 9.17) is 18.9 Å². The number of nitrogens with one attached hydrogen (secondary N) is 2. The molecular weight excluding hydrogens is 440 g/mol. The third-order valence-corrected chi connectivity index (χ3v) is 5.25. The third kappa shape index (κ3) is 6.28. The van der Waals surface area contributed by atoms with Crippen molar-refractivity contribution < 1.29 is 33.3 Å². The molecule has 0 aromatic heterocycles. The van der Waals surface area contributed by atoms with Crippen LogP contribution in [0.4, 0.5) is 4.79 Å². The molecule has 1 atom stereocenters. The lowest BCUT2D eigenvalue weighted by molar-refractivity contribution is -0.143. The summed E-state index contributed by atoms with van der Waals surface area (Å²) in [4.78, 5) is 37.5. The summed E-state index contributed by atoms with van der Waals surface area (Å²) in [6.07, 6.45) is 0.622. The second kappa shape index (κ2) is 11.7. The van der Waals surface area contributed by atoms with E-state index in [0.717, 1.165) is 11.3 Å². The van der Waals surface area contributed by atoms with Gasteiger partial charge in [-0.1, -0.05) is 24.3 Å². The molecule has 0 radical (unpaired) electrons. The Morgan fingerprint density at radius 3 is 2.12 bits per heavy atom. The van der Waals surface area contributed by atoms with Crippen molar-refractivity contribution in [3.05, 3.63) is 70.9 Å². The van der Waals surface area contributed by atoms with Crippen molar-refractivity contribution in [2.75, 3.05) is 27.4 Å². The highest BCUT2D eigenvalue weighted by atomic mass is 16.5. The quantitative estimate of drug-likeness (QED) is 0.516. The highest BCUT2D eigenvalue weighted by molar-refractivity contribution is 5.95. The fourth-order valence-electron chi connectivity index (χ4n) is 3.49. The van der Waals surface area contributed by atoms with Gasteiger partial charge in [0.05, 0.1) is 38.1 Å². The molecule has 9 heteroatoms. The van der Waals surface area contributed by atoms with Crippen LogP contribution in [0.15, 0.2) is 59.8 Å². The van der Waals surface area contributed by atoms with Crippen LogP contribution in [0.2, 0.25) is 0 Å². The van der Waals surface area contributed by atoms with E-state index < -0.39 is 24.0 Å². The zero-order chi connectivity index (χ0) is 24.5. The van der Waals surface area contributed by atoms with E-state index in [9.17, 15) is 14.4 Å². The summed E-state index contributed by atoms with van der Waals surface area (Å²) in [5, 5.41) is 5.32. The normalized spacial score (nSPS) is 15.1. The summed E-state index contributed by atoms with van der Waals surface area (Å²) in [6, 6.07) is 13.0. The van der Waals surface area contributed by atoms with Crippen LogP contribution in [0.25, 0.3) is 0 Å². The molecule has 2 aromatic carbocycles. The molecule has 0 spiro atoms. The van der Waals surface area contributed by atoms with E-state index in [1.54, 1.807) is 45.4 Å². The van der Waals surface area contributed by atoms with Crippen molar-refractivity contribution in [2.45, 2.75) is 25.8 Å². The van der Waals surface area contributed by atoms with Crippen molar-refractivity contribution in [1.29, 1.82) is 0 Å². The number of amides is 2. The number of hydrogen-bond acceptors (Lipinski definition) is 7. The van der Waals surface area contributed by atoms with E-state index in [0.29, 0.717) is 17.7 Å². The fraction of sp³-hybridized carbons (Fsp3) is 0.320. The predicted octanol–water partition coefficient (Wildman–Crippen LogP) is 3.05. The Kier molecular flexibility index (Phi) is 8.50. The number of carbonyl (C=O) groups excluding carboxylic acids is 3. The Hall–Kier alpha value is -4.01. The molecule has 0 aliphatic carbocycles. The number of methoxy groups -OCH3 is 2. The molecule has 1 aliphatic heterocycles. The SMILES string of the molecule is CCOC(=O)C1=C(COC(=O)CCc2ccc(OC)cc2)NC(=O)NC1c1ccc(OC)cc1. The van der Waals surface area contributed by atoms with Gasteiger partial charge in [-0.3, -0.25) is 4.79 Å². The monoisotopic (exact) mass is 468 g/mol. The van der Waals surface area contributed by atoms with Crippen LogP contribution in [0, 0.1) is 0 Å². The zero-order valence-corrected chi connectivity index (χ0v) is 19.4. The molecule has 2 N–H and O–H groups in total. The molecule has 9 nitrogen and oxygen atoms in total. The maximum absolute atomic E-state index is 12.8. The first kappa shape index (κ1) is 24.6. The van der Waals surface area contributed by atoms with E-state index in [2.05, 4.69) is 10.6 Å². The number of aryl methyl sites for hydroxylation is 1. The molecule has 0 fully saturated rings. The lowest BCUT2D eigenvalue weighted by atomic mass is 9.95. The molecule has 0 saturated heterocycles. The van der Waals surface area contributed by atoms with Gasteiger partial charge in [-0.05, 0) is 48.7 Å². The lowest BCUT2D eigenvalue weighted by Gasteiger charge is -2.29. The van der Waals surface area contributed by atoms with Crippen LogP contribution >= 0.6 is 0 Å². The predicted molar refractivity (Wildman–Crippen MR) is 123 cm³/mol. The molecule has 2 aromatic rings. The molecule has 1 unspecified atom stereocenters. The number of hydrogen-bond donors (Lipinski definition) is 2. The van der Waals surface area contributed by atoms with Crippen LogP contribution in [-0.4, -0.2) is 45.4 Å². The van der Waals surface area contributed by atoms with Gasteiger partial charge in [0.25, 0.3) is 0 Å². The summed E-state index contributed by atoms with van der Waals surface area (Å²) in [7, 11) is 3.14. The Labute approximate surface area is 198 Å². The second-order valence-corrected chi connectivity index (χ2v) is 7.43. The summed E-state index contributed by atoms with van der Waals surface area (Å²) in [5.41, 5.74) is 1.97. The van der Waals surface area contributed by atoms with Gasteiger partial charge in [0.15, 0.2) is 0 Å². The van der Waals surface area contributed by atoms with Crippen LogP contribution in [0.3, 0.4) is 0 Å². The molecule has 0 saturated carbocycles. The Balaban J connectivity index is 1.74. The molecule has 3 rings (SSSR count). The highest BCUT2D eigenvalue weighted by Crippen LogP contribution is 2.29. The van der Waals surface area contributed by atoms with Gasteiger partial charge in [0.1, 0.15) is 18.1 Å². The first-order valence-corrected chi connectivity index (χ1v) is 10.8. The number of ether oxygens (including phenoxy) is 4. The summed E-state index contributed by atoms with van der Waals surface area (Å²) in [5.74, 6) is 0.301. The minimum atomic E-state index is -0.772. The maximum Gasteiger partial charge on any atom is 0.338 e. The molecule has 1 aliphatic rings. The van der Waals surface area contributed by atoms with E-state index in [1.165, 1.54) is 0 Å². The maximum atomic E-state index is 12.8. The smallest absolute Gasteiger partial charge is 0.338 e. The fourth-order valence-corrected chi connectivity index (χ4v) is 3.49. The van der Waals surface area contributed by atoms with Crippen LogP contribution in [0.5, 0.6) is 11.5 Å². The van der Waals surface area contributed by atoms with Crippen LogP contribution < -0.4 is 20.1 Å². The zero-order valence-electron chi connectivity index (χ0n) is 19.4. The largest absolute Gasteiger partial charge is 0.497 e. The number of rotatable bonds is 10. The molecular formula is C25H28N2O7. The van der Waals surface area contributed by atoms with Crippen molar-refractivity contribution in [1.82, 2.24) is 10.6 Å². The summed E-state index contributed by atoms with van der Waals surface area (Å²) in [6.45, 7) is 1.57. The third-order valence-electron chi connectivity index (χ3n) is 5.25. The van der Waals surface area contributed by atoms with Gasteiger partial charge in [-0.25, -0.2) is 9.59 Å². The summed E-state index contributed by atoms with van der Waals surface area (Å²) >= 11 is 0. The Bertz CT molecular complexity index is 1050. The van der Waals surface area contributed by atoms with Gasteiger partial charge in [0.2, 0.25) is 0 Å². The average molecular weight is 469 g/mol. The van der Waals surface area contributed by atoms with Gasteiger partial charge >= 0.3 is 18.0 Å². The van der Waals surface area contributed by atoms with E-state index >= 15 is 0 Å². The molecule has 1 heterocycles. The average Bonchev–Trinajstić information content (AvgIpc) is 2.86. The lowest BCUT2D eigenvalue weighted by Crippen LogP contribution is -2.47. The van der Waals surface area contributed by atoms with Gasteiger partial charge < -0.3 is 29.6 Å². The Morgan fingerprint density at radius 2 is 1.53 bits per heavy atom. The standard InChI is InChI=1S/C25H28N2O7/c1-4-33-24(29)22-20(15-34-21(28)14-7-16-5-10-18(31-2)11-6-16)26-25(30)27-23(22)17-8-12-19(32-3)13-9-17/h5-6,8-13,23H,4,7,14-15H2,1-3H3,(H2,26,27,30). The molecule has 0 bridgehead atoms. The number of carbonyl (C=O) groups is 3. The minimum Gasteiger partial charge on any atom is -0.497 e. The van der Waals surface area contributed by atoms with Crippen LogP contribution in [-0.2, 0) is 25.5 Å². The molecule has 2 amide bonds. The first-order chi connectivity index (χ1) is 16.4. The van der Waals surface area contributed by atoms with Crippen molar-refractivity contribution >= 4 is 18.0 Å².